The molecule has 0 saturated heterocycles. The fourth-order valence-electron chi connectivity index (χ4n) is 2.02. The van der Waals surface area contributed by atoms with Gasteiger partial charge in [-0.3, -0.25) is 0 Å². The van der Waals surface area contributed by atoms with Crippen molar-refractivity contribution in [1.82, 2.24) is 10.2 Å². The van der Waals surface area contributed by atoms with E-state index < -0.39 is 0 Å². The van der Waals surface area contributed by atoms with Crippen molar-refractivity contribution >= 4 is 0 Å². The van der Waals surface area contributed by atoms with Crippen molar-refractivity contribution in [2.75, 3.05) is 26.7 Å². The van der Waals surface area contributed by atoms with Crippen LogP contribution >= 0.6 is 0 Å². The van der Waals surface area contributed by atoms with Crippen molar-refractivity contribution in [3.05, 3.63) is 0 Å². The summed E-state index contributed by atoms with van der Waals surface area (Å²) in [5.74, 6) is 1.85. The van der Waals surface area contributed by atoms with Gasteiger partial charge < -0.3 is 10.2 Å². The van der Waals surface area contributed by atoms with Gasteiger partial charge in [0.1, 0.15) is 0 Å². The highest BCUT2D eigenvalue weighted by molar-refractivity contribution is 4.76. The minimum Gasteiger partial charge on any atom is -0.313 e. The summed E-state index contributed by atoms with van der Waals surface area (Å²) in [5, 5.41) is 3.62. The molecule has 0 amide bonds. The van der Waals surface area contributed by atoms with Crippen molar-refractivity contribution in [1.29, 1.82) is 0 Å². The summed E-state index contributed by atoms with van der Waals surface area (Å²) >= 11 is 0. The lowest BCUT2D eigenvalue weighted by Gasteiger charge is -2.19. The second-order valence-corrected chi connectivity index (χ2v) is 6.03. The Morgan fingerprint density at radius 2 is 1.88 bits per heavy atom. The van der Waals surface area contributed by atoms with E-state index in [-0.39, 0.29) is 0 Å². The molecule has 0 heterocycles. The lowest BCUT2D eigenvalue weighted by atomic mass is 10.0. The second kappa shape index (κ2) is 7.29. The standard InChI is InChI=1S/C14H30N2/c1-12(2)5-6-13(3)15-9-10-16(4)11-14-7-8-14/h12-15H,5-11H2,1-4H3. The van der Waals surface area contributed by atoms with Gasteiger partial charge in [-0.1, -0.05) is 13.8 Å². The average molecular weight is 226 g/mol. The van der Waals surface area contributed by atoms with Crippen LogP contribution in [0.25, 0.3) is 0 Å². The van der Waals surface area contributed by atoms with Crippen LogP contribution in [0.3, 0.4) is 0 Å². The molecular formula is C14H30N2. The predicted molar refractivity (Wildman–Crippen MR) is 71.8 cm³/mol. The molecule has 0 bridgehead atoms. The first-order valence-corrected chi connectivity index (χ1v) is 7.00. The number of likely N-dealkylation sites (N-methyl/N-ethyl adjacent to an activating group) is 1. The quantitative estimate of drug-likeness (QED) is 0.650. The Hall–Kier alpha value is -0.0800. The molecule has 0 aliphatic heterocycles. The van der Waals surface area contributed by atoms with Gasteiger partial charge in [0.15, 0.2) is 0 Å². The molecule has 1 saturated carbocycles. The fourth-order valence-corrected chi connectivity index (χ4v) is 2.02. The Labute approximate surface area is 102 Å². The van der Waals surface area contributed by atoms with Gasteiger partial charge >= 0.3 is 0 Å². The van der Waals surface area contributed by atoms with Crippen molar-refractivity contribution < 1.29 is 0 Å². The number of rotatable bonds is 9. The fraction of sp³-hybridized carbons (Fsp3) is 1.00. The number of nitrogens with one attached hydrogen (secondary N) is 1. The normalized spacial score (nSPS) is 18.4. The Bertz CT molecular complexity index is 176. The lowest BCUT2D eigenvalue weighted by Crippen LogP contribution is -2.35. The van der Waals surface area contributed by atoms with Gasteiger partial charge in [-0.25, -0.2) is 0 Å². The van der Waals surface area contributed by atoms with Gasteiger partial charge in [-0.2, -0.15) is 0 Å². The topological polar surface area (TPSA) is 15.3 Å². The Balaban J connectivity index is 1.92. The van der Waals surface area contributed by atoms with E-state index in [1.54, 1.807) is 0 Å². The van der Waals surface area contributed by atoms with Crippen molar-refractivity contribution in [2.45, 2.75) is 52.5 Å². The monoisotopic (exact) mass is 226 g/mol. The summed E-state index contributed by atoms with van der Waals surface area (Å²) in [5.41, 5.74) is 0. The van der Waals surface area contributed by atoms with Gasteiger partial charge in [0.2, 0.25) is 0 Å². The van der Waals surface area contributed by atoms with Crippen molar-refractivity contribution in [3.8, 4) is 0 Å². The van der Waals surface area contributed by atoms with E-state index in [9.17, 15) is 0 Å². The summed E-state index contributed by atoms with van der Waals surface area (Å²) < 4.78 is 0. The van der Waals surface area contributed by atoms with E-state index in [2.05, 4.69) is 38.0 Å². The Morgan fingerprint density at radius 3 is 2.44 bits per heavy atom. The SMILES string of the molecule is CC(C)CCC(C)NCCN(C)CC1CC1. The van der Waals surface area contributed by atoms with Gasteiger partial charge in [-0.05, 0) is 51.5 Å². The summed E-state index contributed by atoms with van der Waals surface area (Å²) in [4.78, 5) is 2.47. The molecule has 1 rings (SSSR count). The highest BCUT2D eigenvalue weighted by Crippen LogP contribution is 2.29. The zero-order valence-electron chi connectivity index (χ0n) is 11.6. The molecule has 1 unspecified atom stereocenters. The third-order valence-electron chi connectivity index (χ3n) is 3.43. The average Bonchev–Trinajstić information content (AvgIpc) is 2.98. The third-order valence-corrected chi connectivity index (χ3v) is 3.43. The van der Waals surface area contributed by atoms with Crippen LogP contribution in [0.2, 0.25) is 0 Å². The molecule has 1 fully saturated rings. The van der Waals surface area contributed by atoms with Crippen molar-refractivity contribution in [3.63, 3.8) is 0 Å². The van der Waals surface area contributed by atoms with Crippen LogP contribution in [-0.2, 0) is 0 Å². The molecule has 1 atom stereocenters. The maximum absolute atomic E-state index is 3.62. The predicted octanol–water partition coefficient (Wildman–Crippen LogP) is 2.74. The number of hydrogen-bond acceptors (Lipinski definition) is 2. The van der Waals surface area contributed by atoms with Crippen LogP contribution in [0.1, 0.15) is 46.5 Å². The first-order chi connectivity index (χ1) is 7.58. The molecule has 2 heteroatoms. The first kappa shape index (κ1) is 14.0. The molecule has 16 heavy (non-hydrogen) atoms. The van der Waals surface area contributed by atoms with Crippen LogP contribution in [0.5, 0.6) is 0 Å². The summed E-state index contributed by atoms with van der Waals surface area (Å²) in [6.07, 6.45) is 5.57. The largest absolute Gasteiger partial charge is 0.313 e. The lowest BCUT2D eigenvalue weighted by molar-refractivity contribution is 0.309. The van der Waals surface area contributed by atoms with Crippen LogP contribution in [-0.4, -0.2) is 37.6 Å². The zero-order valence-corrected chi connectivity index (χ0v) is 11.6. The molecule has 1 N–H and O–H groups in total. The third kappa shape index (κ3) is 7.24. The minimum absolute atomic E-state index is 0.678. The van der Waals surface area contributed by atoms with Gasteiger partial charge in [0, 0.05) is 25.7 Å². The molecular weight excluding hydrogens is 196 g/mol. The number of nitrogens with zero attached hydrogens (tertiary/aromatic N) is 1. The molecule has 1 aliphatic carbocycles. The van der Waals surface area contributed by atoms with Crippen LogP contribution in [0.15, 0.2) is 0 Å². The first-order valence-electron chi connectivity index (χ1n) is 7.00. The Morgan fingerprint density at radius 1 is 1.19 bits per heavy atom. The number of hydrogen-bond donors (Lipinski definition) is 1. The molecule has 2 nitrogen and oxygen atoms in total. The van der Waals surface area contributed by atoms with E-state index in [0.29, 0.717) is 6.04 Å². The van der Waals surface area contributed by atoms with Crippen LogP contribution in [0.4, 0.5) is 0 Å². The molecule has 0 aromatic carbocycles. The van der Waals surface area contributed by atoms with E-state index >= 15 is 0 Å². The summed E-state index contributed by atoms with van der Waals surface area (Å²) in [6.45, 7) is 10.6. The van der Waals surface area contributed by atoms with E-state index in [0.717, 1.165) is 18.4 Å². The van der Waals surface area contributed by atoms with Gasteiger partial charge in [0.05, 0.1) is 0 Å². The van der Waals surface area contributed by atoms with Crippen LogP contribution in [0, 0.1) is 11.8 Å². The maximum atomic E-state index is 3.62. The molecule has 0 spiro atoms. The second-order valence-electron chi connectivity index (χ2n) is 6.03. The summed E-state index contributed by atoms with van der Waals surface area (Å²) in [6, 6.07) is 0.678. The van der Waals surface area contributed by atoms with E-state index in [1.165, 1.54) is 38.8 Å². The molecule has 96 valence electrons. The highest BCUT2D eigenvalue weighted by atomic mass is 15.1. The minimum atomic E-state index is 0.678. The van der Waals surface area contributed by atoms with Gasteiger partial charge in [0.25, 0.3) is 0 Å². The van der Waals surface area contributed by atoms with E-state index in [1.807, 2.05) is 0 Å². The Kier molecular flexibility index (Phi) is 6.37. The van der Waals surface area contributed by atoms with Gasteiger partial charge in [-0.15, -0.1) is 0 Å². The summed E-state index contributed by atoms with van der Waals surface area (Å²) in [7, 11) is 2.25. The van der Waals surface area contributed by atoms with E-state index in [4.69, 9.17) is 0 Å². The molecule has 0 aromatic heterocycles. The van der Waals surface area contributed by atoms with Crippen molar-refractivity contribution in [2.24, 2.45) is 11.8 Å². The van der Waals surface area contributed by atoms with Crippen LogP contribution < -0.4 is 5.32 Å². The zero-order chi connectivity index (χ0) is 12.0. The smallest absolute Gasteiger partial charge is 0.0104 e. The molecule has 0 aromatic rings. The highest BCUT2D eigenvalue weighted by Gasteiger charge is 2.22. The molecule has 0 radical (unpaired) electrons. The maximum Gasteiger partial charge on any atom is 0.0104 e. The molecule has 1 aliphatic rings.